The third-order valence-electron chi connectivity index (χ3n) is 5.20. The molecule has 0 amide bonds. The summed E-state index contributed by atoms with van der Waals surface area (Å²) < 4.78 is 34.5. The van der Waals surface area contributed by atoms with Crippen molar-refractivity contribution < 1.29 is 13.5 Å². The molecule has 8 heteroatoms. The highest BCUT2D eigenvalue weighted by Crippen LogP contribution is 2.35. The van der Waals surface area contributed by atoms with E-state index in [1.807, 2.05) is 18.2 Å². The van der Waals surface area contributed by atoms with Gasteiger partial charge < -0.3 is 15.0 Å². The van der Waals surface area contributed by atoms with Gasteiger partial charge in [-0.25, -0.2) is 18.8 Å². The summed E-state index contributed by atoms with van der Waals surface area (Å²) in [7, 11) is 0. The smallest absolute Gasteiger partial charge is 0.135 e. The molecule has 0 atom stereocenters. The van der Waals surface area contributed by atoms with Crippen LogP contribution >= 0.6 is 0 Å². The number of ether oxygens (including phenoxy) is 1. The molecule has 0 radical (unpaired) electrons. The molecule has 152 valence electrons. The fourth-order valence-corrected chi connectivity index (χ4v) is 3.73. The van der Waals surface area contributed by atoms with Crippen molar-refractivity contribution in [3.63, 3.8) is 0 Å². The minimum atomic E-state index is -0.636. The molecule has 4 heterocycles. The molecule has 2 aromatic rings. The van der Waals surface area contributed by atoms with Crippen LogP contribution in [-0.2, 0) is 4.74 Å². The lowest BCUT2D eigenvalue weighted by Gasteiger charge is -2.32. The zero-order chi connectivity index (χ0) is 20.5. The molecular weight excluding hydrogens is 388 g/mol. The summed E-state index contributed by atoms with van der Waals surface area (Å²) >= 11 is 0. The van der Waals surface area contributed by atoms with Crippen LogP contribution in [0.25, 0.3) is 5.70 Å². The van der Waals surface area contributed by atoms with Gasteiger partial charge in [0.15, 0.2) is 0 Å². The van der Waals surface area contributed by atoms with Crippen molar-refractivity contribution in [3.8, 4) is 0 Å². The first-order chi connectivity index (χ1) is 14.7. The Morgan fingerprint density at radius 1 is 1.03 bits per heavy atom. The number of aliphatic imine (C=N–C) groups is 1. The minimum Gasteiger partial charge on any atom is -0.378 e. The Morgan fingerprint density at radius 3 is 2.57 bits per heavy atom. The van der Waals surface area contributed by atoms with E-state index in [1.54, 1.807) is 29.8 Å². The van der Waals surface area contributed by atoms with Crippen LogP contribution < -0.4 is 15.1 Å². The number of fused-ring (bicyclic) bond motifs is 1. The molecule has 5 rings (SSSR count). The average molecular weight is 407 g/mol. The number of benzene rings is 1. The second-order valence-electron chi connectivity index (χ2n) is 6.99. The maximum absolute atomic E-state index is 14.5. The monoisotopic (exact) mass is 407 g/mol. The standard InChI is InChI=1S/C22H19F2N5O/c23-17-2-1-3-18(24)20(17)21-22-15(6-7-26-21)12-25-14-29(22)16-4-5-19(27-13-16)28-8-10-30-11-9-28/h1-7,12-14,26H,8-11H2. The highest BCUT2D eigenvalue weighted by molar-refractivity contribution is 5.94. The highest BCUT2D eigenvalue weighted by Gasteiger charge is 2.27. The van der Waals surface area contributed by atoms with Crippen LogP contribution in [0.2, 0.25) is 0 Å². The Hall–Kier alpha value is -3.52. The Kier molecular flexibility index (Phi) is 4.76. The molecule has 6 nitrogen and oxygen atoms in total. The summed E-state index contributed by atoms with van der Waals surface area (Å²) in [5.74, 6) is -0.409. The molecule has 0 saturated carbocycles. The number of dihydropyridines is 1. The van der Waals surface area contributed by atoms with E-state index >= 15 is 0 Å². The largest absolute Gasteiger partial charge is 0.378 e. The molecule has 0 spiro atoms. The maximum Gasteiger partial charge on any atom is 0.135 e. The number of halogens is 2. The summed E-state index contributed by atoms with van der Waals surface area (Å²) in [4.78, 5) is 12.8. The highest BCUT2D eigenvalue weighted by atomic mass is 19.1. The van der Waals surface area contributed by atoms with Gasteiger partial charge in [0.1, 0.15) is 17.5 Å². The van der Waals surface area contributed by atoms with Gasteiger partial charge in [0, 0.05) is 31.1 Å². The quantitative estimate of drug-likeness (QED) is 0.845. The molecule has 1 aromatic heterocycles. The van der Waals surface area contributed by atoms with E-state index in [9.17, 15) is 8.78 Å². The molecule has 30 heavy (non-hydrogen) atoms. The number of anilines is 2. The van der Waals surface area contributed by atoms with Crippen LogP contribution in [0.4, 0.5) is 20.3 Å². The zero-order valence-corrected chi connectivity index (χ0v) is 16.1. The van der Waals surface area contributed by atoms with E-state index in [0.29, 0.717) is 24.6 Å². The van der Waals surface area contributed by atoms with Crippen molar-refractivity contribution in [3.05, 3.63) is 83.5 Å². The normalized spacial score (nSPS) is 18.3. The van der Waals surface area contributed by atoms with Gasteiger partial charge in [-0.3, -0.25) is 4.90 Å². The molecule has 1 aromatic carbocycles. The number of aromatic nitrogens is 1. The molecule has 1 fully saturated rings. The van der Waals surface area contributed by atoms with Crippen molar-refractivity contribution in [2.24, 2.45) is 4.99 Å². The summed E-state index contributed by atoms with van der Waals surface area (Å²) in [6, 6.07) is 7.70. The number of hydrogen-bond donors (Lipinski definition) is 1. The second kappa shape index (κ2) is 7.72. The van der Waals surface area contributed by atoms with E-state index in [2.05, 4.69) is 20.2 Å². The number of rotatable bonds is 3. The fraction of sp³-hybridized carbons (Fsp3) is 0.182. The predicted molar refractivity (Wildman–Crippen MR) is 112 cm³/mol. The van der Waals surface area contributed by atoms with Crippen LogP contribution in [0, 0.1) is 11.6 Å². The topological polar surface area (TPSA) is 53.0 Å². The maximum atomic E-state index is 14.5. The van der Waals surface area contributed by atoms with Crippen molar-refractivity contribution in [2.45, 2.75) is 0 Å². The van der Waals surface area contributed by atoms with Gasteiger partial charge in [-0.1, -0.05) is 6.07 Å². The van der Waals surface area contributed by atoms with Crippen LogP contribution in [0.5, 0.6) is 0 Å². The van der Waals surface area contributed by atoms with E-state index in [1.165, 1.54) is 18.2 Å². The Bertz CT molecular complexity index is 1060. The van der Waals surface area contributed by atoms with Crippen molar-refractivity contribution in [1.29, 1.82) is 0 Å². The van der Waals surface area contributed by atoms with Crippen molar-refractivity contribution in [1.82, 2.24) is 10.3 Å². The Morgan fingerprint density at radius 2 is 1.83 bits per heavy atom. The van der Waals surface area contributed by atoms with Crippen molar-refractivity contribution >= 4 is 23.5 Å². The number of nitrogens with one attached hydrogen (secondary N) is 1. The van der Waals surface area contributed by atoms with E-state index in [-0.39, 0.29) is 5.56 Å². The van der Waals surface area contributed by atoms with Crippen molar-refractivity contribution in [2.75, 3.05) is 36.1 Å². The molecule has 0 unspecified atom stereocenters. The van der Waals surface area contributed by atoms with Gasteiger partial charge in [0.2, 0.25) is 0 Å². The number of hydrogen-bond acceptors (Lipinski definition) is 6. The van der Waals surface area contributed by atoms with Crippen LogP contribution in [0.1, 0.15) is 5.56 Å². The lowest BCUT2D eigenvalue weighted by atomic mass is 10.00. The summed E-state index contributed by atoms with van der Waals surface area (Å²) in [5, 5.41) is 3.01. The first-order valence-electron chi connectivity index (χ1n) is 9.66. The predicted octanol–water partition coefficient (Wildman–Crippen LogP) is 3.41. The summed E-state index contributed by atoms with van der Waals surface area (Å²) in [5.41, 5.74) is 2.31. The second-order valence-corrected chi connectivity index (χ2v) is 6.99. The molecule has 1 saturated heterocycles. The summed E-state index contributed by atoms with van der Waals surface area (Å²) in [6.45, 7) is 2.94. The molecule has 3 aliphatic heterocycles. The molecule has 0 bridgehead atoms. The zero-order valence-electron chi connectivity index (χ0n) is 16.1. The molecule has 1 N–H and O–H groups in total. The van der Waals surface area contributed by atoms with Crippen LogP contribution in [0.15, 0.2) is 71.3 Å². The summed E-state index contributed by atoms with van der Waals surface area (Å²) in [6.07, 6.45) is 8.48. The van der Waals surface area contributed by atoms with Gasteiger partial charge >= 0.3 is 0 Å². The number of nitrogens with zero attached hydrogens (tertiary/aromatic N) is 4. The number of morpholine rings is 1. The lowest BCUT2D eigenvalue weighted by molar-refractivity contribution is 0.122. The third kappa shape index (κ3) is 3.25. The van der Waals surface area contributed by atoms with E-state index in [4.69, 9.17) is 4.74 Å². The van der Waals surface area contributed by atoms with Gasteiger partial charge in [-0.2, -0.15) is 0 Å². The third-order valence-corrected chi connectivity index (χ3v) is 5.20. The molecule has 0 aliphatic carbocycles. The first kappa shape index (κ1) is 18.5. The van der Waals surface area contributed by atoms with Gasteiger partial charge in [-0.05, 0) is 30.3 Å². The Labute approximate surface area is 172 Å². The van der Waals surface area contributed by atoms with Gasteiger partial charge in [0.05, 0.1) is 48.4 Å². The number of allylic oxidation sites excluding steroid dienone is 1. The SMILES string of the molecule is Fc1cccc(F)c1C1=C2C(=CN=CN2c2ccc(N3CCOCC3)nc2)C=CN1. The number of pyridine rings is 1. The Balaban J connectivity index is 1.56. The first-order valence-corrected chi connectivity index (χ1v) is 9.66. The molecular formula is C22H19F2N5O. The van der Waals surface area contributed by atoms with Gasteiger partial charge in [-0.15, -0.1) is 0 Å². The van der Waals surface area contributed by atoms with E-state index < -0.39 is 11.6 Å². The average Bonchev–Trinajstić information content (AvgIpc) is 2.79. The van der Waals surface area contributed by atoms with Crippen LogP contribution in [0.3, 0.4) is 0 Å². The van der Waals surface area contributed by atoms with E-state index in [0.717, 1.165) is 30.2 Å². The minimum absolute atomic E-state index is 0.110. The molecule has 3 aliphatic rings. The van der Waals surface area contributed by atoms with Crippen LogP contribution in [-0.4, -0.2) is 37.6 Å². The van der Waals surface area contributed by atoms with Gasteiger partial charge in [0.25, 0.3) is 0 Å². The fourth-order valence-electron chi connectivity index (χ4n) is 3.73. The lowest BCUT2D eigenvalue weighted by Crippen LogP contribution is -2.36.